The lowest BCUT2D eigenvalue weighted by Crippen LogP contribution is -2.37. The summed E-state index contributed by atoms with van der Waals surface area (Å²) in [6, 6.07) is 0.111. The summed E-state index contributed by atoms with van der Waals surface area (Å²) < 4.78 is 0. The van der Waals surface area contributed by atoms with E-state index in [1.165, 1.54) is 32.1 Å². The number of aliphatic hydroxyl groups excluding tert-OH is 1. The molecule has 6 nitrogen and oxygen atoms in total. The van der Waals surface area contributed by atoms with Gasteiger partial charge >= 0.3 is 0 Å². The van der Waals surface area contributed by atoms with Crippen LogP contribution in [0.2, 0.25) is 0 Å². The van der Waals surface area contributed by atoms with Crippen LogP contribution in [0.1, 0.15) is 86.5 Å². The number of carbonyl (C=O) groups is 2. The van der Waals surface area contributed by atoms with Crippen LogP contribution in [0.25, 0.3) is 0 Å². The summed E-state index contributed by atoms with van der Waals surface area (Å²) in [7, 11) is 4.80. The number of likely N-dealkylation sites (tertiary alicyclic amines) is 1. The molecule has 2 unspecified atom stereocenters. The van der Waals surface area contributed by atoms with Crippen molar-refractivity contribution in [1.82, 2.24) is 10.2 Å². The van der Waals surface area contributed by atoms with Crippen molar-refractivity contribution >= 4 is 12.2 Å². The summed E-state index contributed by atoms with van der Waals surface area (Å²) in [4.78, 5) is 23.2. The second kappa shape index (κ2) is 28.2. The second-order valence-corrected chi connectivity index (χ2v) is 5.89. The molecule has 1 saturated carbocycles. The normalized spacial score (nSPS) is 19.1. The highest BCUT2D eigenvalue weighted by Gasteiger charge is 2.25. The minimum absolute atomic E-state index is 0.00463. The lowest BCUT2D eigenvalue weighted by atomic mass is 9.84. The third-order valence-corrected chi connectivity index (χ3v) is 4.49. The number of amides is 1. The fourth-order valence-electron chi connectivity index (χ4n) is 3.18. The second-order valence-electron chi connectivity index (χ2n) is 5.89. The lowest BCUT2D eigenvalue weighted by Gasteiger charge is -2.25. The number of rotatable bonds is 4. The Labute approximate surface area is 175 Å². The number of nitrogens with one attached hydrogen (secondary N) is 1. The van der Waals surface area contributed by atoms with Crippen molar-refractivity contribution in [3.05, 3.63) is 0 Å². The monoisotopic (exact) mass is 405 g/mol. The van der Waals surface area contributed by atoms with E-state index in [9.17, 15) is 9.59 Å². The Morgan fingerprint density at radius 1 is 1.00 bits per heavy atom. The average Bonchev–Trinajstić information content (AvgIpc) is 3.22. The first-order valence-electron chi connectivity index (χ1n) is 11.2. The number of carbonyl (C=O) groups excluding carboxylic acids is 2. The van der Waals surface area contributed by atoms with Crippen LogP contribution < -0.4 is 11.1 Å². The van der Waals surface area contributed by atoms with E-state index in [0.717, 1.165) is 32.8 Å². The van der Waals surface area contributed by atoms with Gasteiger partial charge in [-0.1, -0.05) is 60.8 Å². The summed E-state index contributed by atoms with van der Waals surface area (Å²) in [5.41, 5.74) is 5.11. The Balaban J connectivity index is -0.000000153. The maximum absolute atomic E-state index is 10.6. The van der Waals surface area contributed by atoms with Crippen LogP contribution in [-0.2, 0) is 9.59 Å². The van der Waals surface area contributed by atoms with Crippen LogP contribution in [0.15, 0.2) is 0 Å². The van der Waals surface area contributed by atoms with Crippen molar-refractivity contribution < 1.29 is 14.7 Å². The molecule has 0 aromatic heterocycles. The zero-order valence-electron chi connectivity index (χ0n) is 20.3. The Morgan fingerprint density at radius 2 is 1.46 bits per heavy atom. The minimum Gasteiger partial charge on any atom is -0.400 e. The molecule has 0 aromatic rings. The van der Waals surface area contributed by atoms with Gasteiger partial charge in [-0.3, -0.25) is 9.69 Å². The highest BCUT2D eigenvalue weighted by atomic mass is 16.2. The molecule has 4 N–H and O–H groups in total. The largest absolute Gasteiger partial charge is 0.400 e. The summed E-state index contributed by atoms with van der Waals surface area (Å²) in [5.74, 6) is 0.418. The van der Waals surface area contributed by atoms with E-state index < -0.39 is 0 Å². The zero-order valence-corrected chi connectivity index (χ0v) is 20.3. The van der Waals surface area contributed by atoms with Crippen molar-refractivity contribution in [2.45, 2.75) is 98.6 Å². The summed E-state index contributed by atoms with van der Waals surface area (Å²) in [6.07, 6.45) is 9.50. The van der Waals surface area contributed by atoms with Crippen molar-refractivity contribution in [2.75, 3.05) is 27.7 Å². The quantitative estimate of drug-likeness (QED) is 0.621. The number of likely N-dealkylation sites (N-methyl/N-ethyl adjacent to an activating group) is 2. The molecule has 0 spiro atoms. The van der Waals surface area contributed by atoms with Gasteiger partial charge in [0.1, 0.15) is 6.29 Å². The van der Waals surface area contributed by atoms with Gasteiger partial charge in [0.25, 0.3) is 0 Å². The molecule has 28 heavy (non-hydrogen) atoms. The first kappa shape index (κ1) is 34.5. The molecular weight excluding hydrogens is 354 g/mol. The van der Waals surface area contributed by atoms with Crippen LogP contribution >= 0.6 is 0 Å². The third-order valence-electron chi connectivity index (χ3n) is 4.49. The van der Waals surface area contributed by atoms with Crippen LogP contribution in [0.5, 0.6) is 0 Å². The highest BCUT2D eigenvalue weighted by molar-refractivity contribution is 5.80. The molecule has 1 aliphatic heterocycles. The zero-order chi connectivity index (χ0) is 23.0. The molecule has 0 bridgehead atoms. The number of nitrogens with zero attached hydrogens (tertiary/aromatic N) is 1. The van der Waals surface area contributed by atoms with Gasteiger partial charge in [0.2, 0.25) is 5.91 Å². The molecule has 1 saturated heterocycles. The molecule has 2 aliphatic rings. The molecule has 1 aliphatic carbocycles. The molecule has 172 valence electrons. The van der Waals surface area contributed by atoms with Gasteiger partial charge in [0.15, 0.2) is 0 Å². The fourth-order valence-corrected chi connectivity index (χ4v) is 3.18. The number of hydrogen-bond donors (Lipinski definition) is 3. The maximum Gasteiger partial charge on any atom is 0.234 e. The molecule has 6 heteroatoms. The van der Waals surface area contributed by atoms with Gasteiger partial charge < -0.3 is 21.0 Å². The first-order chi connectivity index (χ1) is 13.6. The molecule has 2 atom stereocenters. The van der Waals surface area contributed by atoms with Gasteiger partial charge in [0.05, 0.1) is 12.1 Å². The van der Waals surface area contributed by atoms with Crippen LogP contribution in [0.4, 0.5) is 0 Å². The molecule has 1 heterocycles. The third kappa shape index (κ3) is 17.1. The number of nitrogens with two attached hydrogens (primary N) is 1. The Kier molecular flexibility index (Phi) is 34.8. The number of hydrogen-bond acceptors (Lipinski definition) is 5. The highest BCUT2D eigenvalue weighted by Crippen LogP contribution is 2.25. The van der Waals surface area contributed by atoms with Gasteiger partial charge in [-0.05, 0) is 52.2 Å². The predicted octanol–water partition coefficient (Wildman–Crippen LogP) is 3.61. The smallest absolute Gasteiger partial charge is 0.234 e. The molecule has 2 fully saturated rings. The van der Waals surface area contributed by atoms with Gasteiger partial charge in [-0.25, -0.2) is 0 Å². The van der Waals surface area contributed by atoms with Crippen molar-refractivity contribution in [3.8, 4) is 0 Å². The molecule has 0 radical (unpaired) electrons. The van der Waals surface area contributed by atoms with Crippen LogP contribution in [-0.4, -0.2) is 62.0 Å². The molecule has 0 aromatic carbocycles. The number of aldehydes is 1. The Morgan fingerprint density at radius 3 is 1.71 bits per heavy atom. The Bertz CT molecular complexity index is 309. The van der Waals surface area contributed by atoms with Gasteiger partial charge in [-0.15, -0.1) is 0 Å². The summed E-state index contributed by atoms with van der Waals surface area (Å²) >= 11 is 0. The topological polar surface area (TPSA) is 95.7 Å². The van der Waals surface area contributed by atoms with E-state index in [1.54, 1.807) is 0 Å². The Hall–Kier alpha value is -0.980. The summed E-state index contributed by atoms with van der Waals surface area (Å²) in [5, 5.41) is 10.1. The van der Waals surface area contributed by atoms with Crippen molar-refractivity contribution in [2.24, 2.45) is 11.7 Å². The van der Waals surface area contributed by atoms with Crippen LogP contribution in [0, 0.1) is 5.92 Å². The van der Waals surface area contributed by atoms with E-state index in [-0.39, 0.29) is 18.0 Å². The summed E-state index contributed by atoms with van der Waals surface area (Å²) in [6.45, 7) is 13.0. The van der Waals surface area contributed by atoms with Gasteiger partial charge in [0, 0.05) is 7.11 Å². The minimum atomic E-state index is -0.185. The van der Waals surface area contributed by atoms with E-state index in [4.69, 9.17) is 10.8 Å². The van der Waals surface area contributed by atoms with Crippen molar-refractivity contribution in [3.63, 3.8) is 0 Å². The molecular formula is C22H51N3O3. The van der Waals surface area contributed by atoms with E-state index >= 15 is 0 Å². The SMILES string of the molecule is CC.CC.CC.CN1CCCC1C(N)=O.CNC(C=O)C1CCCCC1.CO. The first-order valence-corrected chi connectivity index (χ1v) is 11.2. The predicted molar refractivity (Wildman–Crippen MR) is 123 cm³/mol. The maximum atomic E-state index is 10.6. The van der Waals surface area contributed by atoms with Crippen molar-refractivity contribution in [1.29, 1.82) is 0 Å². The lowest BCUT2D eigenvalue weighted by molar-refractivity contribution is -0.121. The standard InChI is InChI=1S/C9H17NO.C6H12N2O.3C2H6.CH4O/c1-10-9(7-11)8-5-3-2-4-6-8;1-8-4-2-3-5(8)6(7)9;4*1-2/h7-10H,2-6H2,1H3;5H,2-4H2,1H3,(H2,7,9);3*1-2H3;2H,1H3. The molecule has 2 rings (SSSR count). The van der Waals surface area contributed by atoms with E-state index in [2.05, 4.69) is 5.32 Å². The number of aliphatic hydroxyl groups is 1. The van der Waals surface area contributed by atoms with Gasteiger partial charge in [-0.2, -0.15) is 0 Å². The fraction of sp³-hybridized carbons (Fsp3) is 0.909. The molecule has 1 amide bonds. The van der Waals surface area contributed by atoms with Crippen LogP contribution in [0.3, 0.4) is 0 Å². The van der Waals surface area contributed by atoms with E-state index in [0.29, 0.717) is 5.92 Å². The average molecular weight is 406 g/mol. The van der Waals surface area contributed by atoms with E-state index in [1.807, 2.05) is 60.5 Å². The number of primary amides is 1.